The van der Waals surface area contributed by atoms with Gasteiger partial charge in [0.05, 0.1) is 24.0 Å². The van der Waals surface area contributed by atoms with Gasteiger partial charge >= 0.3 is 11.9 Å². The van der Waals surface area contributed by atoms with E-state index in [4.69, 9.17) is 19.7 Å². The molecule has 0 spiro atoms. The number of rotatable bonds is 2. The fourth-order valence-electron chi connectivity index (χ4n) is 2.82. The highest BCUT2D eigenvalue weighted by Crippen LogP contribution is 2.27. The fourth-order valence-corrected chi connectivity index (χ4v) is 2.82. The van der Waals surface area contributed by atoms with Crippen LogP contribution in [0.3, 0.4) is 0 Å². The first-order valence-electron chi connectivity index (χ1n) is 8.40. The molecule has 0 amide bonds. The first-order valence-corrected chi connectivity index (χ1v) is 8.40. The lowest BCUT2D eigenvalue weighted by atomic mass is 10.0. The Kier molecular flexibility index (Phi) is 5.39. The van der Waals surface area contributed by atoms with Gasteiger partial charge in [0, 0.05) is 0 Å². The molecule has 2 aliphatic rings. The molecule has 2 N–H and O–H groups in total. The van der Waals surface area contributed by atoms with Crippen LogP contribution in [-0.4, -0.2) is 45.9 Å². The molecule has 0 radical (unpaired) electrons. The van der Waals surface area contributed by atoms with Crippen LogP contribution in [0.15, 0.2) is 48.5 Å². The SMILES string of the molecule is O=C1CC(C(=O)O)Oc2ccccc21.O=C1C[C@@H](C(=O)O)Oc2ccccc21. The Bertz CT molecular complexity index is 871. The van der Waals surface area contributed by atoms with Gasteiger partial charge in [-0.05, 0) is 24.3 Å². The summed E-state index contributed by atoms with van der Waals surface area (Å²) in [5, 5.41) is 17.4. The molecule has 0 saturated carbocycles. The van der Waals surface area contributed by atoms with Crippen LogP contribution in [0, 0.1) is 0 Å². The second-order valence-corrected chi connectivity index (χ2v) is 6.14. The van der Waals surface area contributed by atoms with Crippen LogP contribution in [0.25, 0.3) is 0 Å². The average molecular weight is 384 g/mol. The number of Topliss-reactive ketones (excluding diaryl/α,β-unsaturated/α-hetero) is 2. The number of carbonyl (C=O) groups excluding carboxylic acids is 2. The minimum absolute atomic E-state index is 0.0909. The summed E-state index contributed by atoms with van der Waals surface area (Å²) in [7, 11) is 0. The van der Waals surface area contributed by atoms with Crippen molar-refractivity contribution in [1.29, 1.82) is 0 Å². The Balaban J connectivity index is 0.000000161. The molecule has 28 heavy (non-hydrogen) atoms. The molecule has 8 heteroatoms. The second-order valence-electron chi connectivity index (χ2n) is 6.14. The molecule has 0 aliphatic carbocycles. The number of aliphatic carboxylic acids is 2. The Labute approximate surface area is 159 Å². The van der Waals surface area contributed by atoms with Gasteiger partial charge in [-0.15, -0.1) is 0 Å². The molecule has 0 aromatic heterocycles. The van der Waals surface area contributed by atoms with Crippen molar-refractivity contribution in [1.82, 2.24) is 0 Å². The van der Waals surface area contributed by atoms with E-state index in [-0.39, 0.29) is 24.4 Å². The summed E-state index contributed by atoms with van der Waals surface area (Å²) >= 11 is 0. The second kappa shape index (κ2) is 7.91. The quantitative estimate of drug-likeness (QED) is 0.807. The number of para-hydroxylation sites is 2. The Morgan fingerprint density at radius 3 is 1.43 bits per heavy atom. The highest BCUT2D eigenvalue weighted by molar-refractivity contribution is 6.02. The summed E-state index contributed by atoms with van der Waals surface area (Å²) in [5.74, 6) is -1.86. The number of carbonyl (C=O) groups is 4. The Morgan fingerprint density at radius 1 is 0.714 bits per heavy atom. The summed E-state index contributed by atoms with van der Waals surface area (Å²) in [6.45, 7) is 0. The minimum Gasteiger partial charge on any atom is -0.478 e. The highest BCUT2D eigenvalue weighted by atomic mass is 16.5. The normalized spacial score (nSPS) is 19.7. The lowest BCUT2D eigenvalue weighted by Crippen LogP contribution is -2.33. The molecular weight excluding hydrogens is 368 g/mol. The van der Waals surface area contributed by atoms with Crippen LogP contribution in [0.4, 0.5) is 0 Å². The third-order valence-electron chi connectivity index (χ3n) is 4.21. The Hall–Kier alpha value is -3.68. The fraction of sp³-hybridized carbons (Fsp3) is 0.200. The van der Waals surface area contributed by atoms with Crippen LogP contribution in [-0.2, 0) is 9.59 Å². The summed E-state index contributed by atoms with van der Waals surface area (Å²) in [6, 6.07) is 13.3. The van der Waals surface area contributed by atoms with Crippen LogP contribution in [0.1, 0.15) is 33.6 Å². The number of fused-ring (bicyclic) bond motifs is 2. The van der Waals surface area contributed by atoms with Gasteiger partial charge in [-0.3, -0.25) is 9.59 Å². The third-order valence-corrected chi connectivity index (χ3v) is 4.21. The number of carboxylic acids is 2. The molecular formula is C20H16O8. The average Bonchev–Trinajstić information content (AvgIpc) is 2.68. The highest BCUT2D eigenvalue weighted by Gasteiger charge is 2.31. The van der Waals surface area contributed by atoms with Crippen molar-refractivity contribution in [3.05, 3.63) is 59.7 Å². The summed E-state index contributed by atoms with van der Waals surface area (Å²) in [6.07, 6.45) is -2.27. The van der Waals surface area contributed by atoms with Gasteiger partial charge in [-0.2, -0.15) is 0 Å². The molecule has 0 bridgehead atoms. The third kappa shape index (κ3) is 4.01. The Morgan fingerprint density at radius 2 is 1.07 bits per heavy atom. The molecule has 0 fully saturated rings. The molecule has 2 aliphatic heterocycles. The number of carboxylic acid groups (broad SMARTS) is 2. The number of hydrogen-bond donors (Lipinski definition) is 2. The summed E-state index contributed by atoms with van der Waals surface area (Å²) in [5.41, 5.74) is 0.926. The number of ether oxygens (including phenoxy) is 2. The zero-order valence-corrected chi connectivity index (χ0v) is 14.5. The predicted molar refractivity (Wildman–Crippen MR) is 94.9 cm³/mol. The minimum atomic E-state index is -1.10. The topological polar surface area (TPSA) is 127 Å². The van der Waals surface area contributed by atoms with Gasteiger partial charge in [-0.1, -0.05) is 24.3 Å². The molecule has 0 saturated heterocycles. The van der Waals surface area contributed by atoms with Crippen molar-refractivity contribution in [3.8, 4) is 11.5 Å². The van der Waals surface area contributed by atoms with E-state index in [1.807, 2.05) is 0 Å². The monoisotopic (exact) mass is 384 g/mol. The maximum atomic E-state index is 11.5. The van der Waals surface area contributed by atoms with E-state index in [0.717, 1.165) is 0 Å². The van der Waals surface area contributed by atoms with Crippen molar-refractivity contribution in [2.24, 2.45) is 0 Å². The molecule has 8 nitrogen and oxygen atoms in total. The number of benzene rings is 2. The first-order chi connectivity index (χ1) is 13.4. The van der Waals surface area contributed by atoms with Gasteiger partial charge in [0.2, 0.25) is 12.2 Å². The number of hydrogen-bond acceptors (Lipinski definition) is 6. The van der Waals surface area contributed by atoms with E-state index >= 15 is 0 Å². The lowest BCUT2D eigenvalue weighted by Gasteiger charge is -2.21. The van der Waals surface area contributed by atoms with Gasteiger partial charge in [0.15, 0.2) is 11.6 Å². The van der Waals surface area contributed by atoms with E-state index in [1.54, 1.807) is 48.5 Å². The van der Waals surface area contributed by atoms with Gasteiger partial charge < -0.3 is 19.7 Å². The van der Waals surface area contributed by atoms with Crippen molar-refractivity contribution >= 4 is 23.5 Å². The maximum Gasteiger partial charge on any atom is 0.345 e. The standard InChI is InChI=1S/2C10H8O4/c2*11-7-5-9(10(12)13)14-8-4-2-1-3-6(7)8/h2*1-4,9H,5H2,(H,12,13)/t9-;/m0./s1. The molecule has 144 valence electrons. The molecule has 1 unspecified atom stereocenters. The summed E-state index contributed by atoms with van der Waals surface area (Å²) in [4.78, 5) is 44.2. The van der Waals surface area contributed by atoms with Crippen molar-refractivity contribution in [2.45, 2.75) is 25.0 Å². The zero-order chi connectivity index (χ0) is 20.3. The zero-order valence-electron chi connectivity index (χ0n) is 14.5. The smallest absolute Gasteiger partial charge is 0.345 e. The first kappa shape index (κ1) is 19.1. The van der Waals surface area contributed by atoms with E-state index < -0.39 is 24.1 Å². The van der Waals surface area contributed by atoms with Crippen LogP contribution in [0.5, 0.6) is 11.5 Å². The predicted octanol–water partition coefficient (Wildman–Crippen LogP) is 2.21. The van der Waals surface area contributed by atoms with Gasteiger partial charge in [0.25, 0.3) is 0 Å². The van der Waals surface area contributed by atoms with Crippen molar-refractivity contribution in [3.63, 3.8) is 0 Å². The molecule has 2 atom stereocenters. The number of ketones is 2. The molecule has 4 rings (SSSR count). The lowest BCUT2D eigenvalue weighted by molar-refractivity contribution is -0.146. The van der Waals surface area contributed by atoms with E-state index in [0.29, 0.717) is 22.6 Å². The molecule has 2 aromatic carbocycles. The summed E-state index contributed by atoms with van der Waals surface area (Å²) < 4.78 is 10.3. The van der Waals surface area contributed by atoms with E-state index in [1.165, 1.54) is 0 Å². The van der Waals surface area contributed by atoms with Gasteiger partial charge in [0.1, 0.15) is 11.5 Å². The largest absolute Gasteiger partial charge is 0.478 e. The van der Waals surface area contributed by atoms with Crippen molar-refractivity contribution < 1.29 is 38.9 Å². The van der Waals surface area contributed by atoms with Gasteiger partial charge in [-0.25, -0.2) is 9.59 Å². The van der Waals surface area contributed by atoms with Crippen molar-refractivity contribution in [2.75, 3.05) is 0 Å². The molecule has 2 aromatic rings. The van der Waals surface area contributed by atoms with Crippen LogP contribution < -0.4 is 9.47 Å². The van der Waals surface area contributed by atoms with E-state index in [9.17, 15) is 19.2 Å². The maximum absolute atomic E-state index is 11.5. The van der Waals surface area contributed by atoms with Crippen LogP contribution >= 0.6 is 0 Å². The molecule has 2 heterocycles. The van der Waals surface area contributed by atoms with Crippen LogP contribution in [0.2, 0.25) is 0 Å². The van der Waals surface area contributed by atoms with E-state index in [2.05, 4.69) is 0 Å².